The second-order valence-corrected chi connectivity index (χ2v) is 13.1. The van der Waals surface area contributed by atoms with Gasteiger partial charge in [0.2, 0.25) is 0 Å². The van der Waals surface area contributed by atoms with Crippen molar-refractivity contribution in [2.45, 2.75) is 105 Å². The summed E-state index contributed by atoms with van der Waals surface area (Å²) in [6.45, 7) is 15.8. The van der Waals surface area contributed by atoms with Gasteiger partial charge >= 0.3 is 11.9 Å². The third-order valence-corrected chi connectivity index (χ3v) is 12.0. The lowest BCUT2D eigenvalue weighted by molar-refractivity contribution is -0.139. The number of hydrogen-bond acceptors (Lipinski definition) is 2. The Morgan fingerprint density at radius 3 is 2.38 bits per heavy atom. The van der Waals surface area contributed by atoms with E-state index in [2.05, 4.69) is 34.3 Å². The molecule has 4 aliphatic rings. The zero-order valence-corrected chi connectivity index (χ0v) is 22.1. The molecule has 4 aliphatic carbocycles. The van der Waals surface area contributed by atoms with Crippen LogP contribution in [0.15, 0.2) is 23.8 Å². The van der Waals surface area contributed by atoms with E-state index in [0.29, 0.717) is 45.5 Å². The third-order valence-electron chi connectivity index (χ3n) is 12.0. The number of fused-ring (bicyclic) bond motifs is 2. The van der Waals surface area contributed by atoms with E-state index in [-0.39, 0.29) is 11.8 Å². The summed E-state index contributed by atoms with van der Waals surface area (Å²) in [6, 6.07) is 0. The molecule has 190 valence electrons. The molecule has 1 unspecified atom stereocenters. The van der Waals surface area contributed by atoms with Gasteiger partial charge in [0.15, 0.2) is 0 Å². The molecule has 0 aromatic rings. The highest BCUT2D eigenvalue weighted by molar-refractivity contribution is 5.85. The maximum absolute atomic E-state index is 11.6. The first-order chi connectivity index (χ1) is 15.8. The van der Waals surface area contributed by atoms with Crippen LogP contribution in [0.25, 0.3) is 0 Å². The first-order valence-corrected chi connectivity index (χ1v) is 13.6. The molecule has 1 spiro atoms. The molecular weight excluding hydrogens is 424 g/mol. The molecule has 0 bridgehead atoms. The Kier molecular flexibility index (Phi) is 6.39. The standard InChI is InChI=1S/C30H46O4/c1-19(2)22-10-11-24-28(6)14-12-23(20(3)8-7-9-21(4)26(33)34)27(28,5)16-17-30(24)18-29(22,30)15-13-25(31)32/h9,20,22-24H,1,7-8,10-18H2,2-6H3,(H,31,32)(H,33,34)/b21-9-/t20-,22+,23-,24?,27-,28+,29-,30+/m1/s1. The predicted molar refractivity (Wildman–Crippen MR) is 135 cm³/mol. The fraction of sp³-hybridized carbons (Fsp3) is 0.800. The molecule has 0 aliphatic heterocycles. The van der Waals surface area contributed by atoms with E-state index in [1.165, 1.54) is 50.5 Å². The summed E-state index contributed by atoms with van der Waals surface area (Å²) in [7, 11) is 0. The van der Waals surface area contributed by atoms with Crippen LogP contribution in [-0.4, -0.2) is 22.2 Å². The van der Waals surface area contributed by atoms with Gasteiger partial charge in [0, 0.05) is 12.0 Å². The monoisotopic (exact) mass is 470 g/mol. The SMILES string of the molecule is C=C(C)[C@@H]1CCC2[C@]3(CC[C@]4(C)[C@@H]([C@H](C)CC/C=C(/C)C(=O)O)CC[C@@]24C)C[C@]13CCC(=O)O. The molecule has 0 heterocycles. The number of carboxylic acids is 2. The second kappa shape index (κ2) is 8.52. The number of carbonyl (C=O) groups is 2. The highest BCUT2D eigenvalue weighted by Gasteiger charge is 2.80. The summed E-state index contributed by atoms with van der Waals surface area (Å²) in [5.74, 6) is 0.964. The predicted octanol–water partition coefficient (Wildman–Crippen LogP) is 7.49. The number of carboxylic acid groups (broad SMARTS) is 2. The van der Waals surface area contributed by atoms with E-state index in [9.17, 15) is 14.7 Å². The minimum atomic E-state index is -0.813. The molecule has 34 heavy (non-hydrogen) atoms. The van der Waals surface area contributed by atoms with E-state index in [0.717, 1.165) is 19.3 Å². The number of allylic oxidation sites excluding steroid dienone is 2. The molecule has 4 saturated carbocycles. The number of hydrogen-bond donors (Lipinski definition) is 2. The Morgan fingerprint density at radius 2 is 1.76 bits per heavy atom. The fourth-order valence-electron chi connectivity index (χ4n) is 10.1. The minimum absolute atomic E-state index is 0.160. The topological polar surface area (TPSA) is 74.6 Å². The Hall–Kier alpha value is -1.58. The number of aliphatic carboxylic acids is 2. The molecular formula is C30H46O4. The van der Waals surface area contributed by atoms with E-state index < -0.39 is 11.9 Å². The summed E-state index contributed by atoms with van der Waals surface area (Å²) >= 11 is 0. The zero-order valence-electron chi connectivity index (χ0n) is 22.1. The van der Waals surface area contributed by atoms with Crippen molar-refractivity contribution in [3.05, 3.63) is 23.8 Å². The van der Waals surface area contributed by atoms with Gasteiger partial charge in [-0.15, -0.1) is 0 Å². The van der Waals surface area contributed by atoms with E-state index in [1.807, 2.05) is 6.08 Å². The van der Waals surface area contributed by atoms with Gasteiger partial charge in [-0.1, -0.05) is 39.0 Å². The molecule has 4 rings (SSSR count). The van der Waals surface area contributed by atoms with Crippen LogP contribution in [0.2, 0.25) is 0 Å². The van der Waals surface area contributed by atoms with Gasteiger partial charge in [-0.2, -0.15) is 0 Å². The van der Waals surface area contributed by atoms with Crippen molar-refractivity contribution in [1.82, 2.24) is 0 Å². The molecule has 4 fully saturated rings. The van der Waals surface area contributed by atoms with Gasteiger partial charge in [0.05, 0.1) is 0 Å². The van der Waals surface area contributed by atoms with Gasteiger partial charge in [-0.05, 0) is 123 Å². The summed E-state index contributed by atoms with van der Waals surface area (Å²) in [4.78, 5) is 22.7. The Balaban J connectivity index is 1.56. The highest BCUT2D eigenvalue weighted by Crippen LogP contribution is 2.87. The highest BCUT2D eigenvalue weighted by atomic mass is 16.4. The molecule has 0 aromatic carbocycles. The van der Waals surface area contributed by atoms with E-state index >= 15 is 0 Å². The van der Waals surface area contributed by atoms with Crippen LogP contribution in [0.3, 0.4) is 0 Å². The van der Waals surface area contributed by atoms with Crippen molar-refractivity contribution in [3.63, 3.8) is 0 Å². The van der Waals surface area contributed by atoms with Gasteiger partial charge in [0.1, 0.15) is 0 Å². The van der Waals surface area contributed by atoms with Crippen LogP contribution in [0.1, 0.15) is 105 Å². The Morgan fingerprint density at radius 1 is 1.06 bits per heavy atom. The maximum Gasteiger partial charge on any atom is 0.330 e. The lowest BCUT2D eigenvalue weighted by Gasteiger charge is -2.61. The van der Waals surface area contributed by atoms with Crippen molar-refractivity contribution in [2.75, 3.05) is 0 Å². The smallest absolute Gasteiger partial charge is 0.330 e. The maximum atomic E-state index is 11.6. The average molecular weight is 471 g/mol. The van der Waals surface area contributed by atoms with Crippen molar-refractivity contribution >= 4 is 11.9 Å². The van der Waals surface area contributed by atoms with Gasteiger partial charge in [0.25, 0.3) is 0 Å². The molecule has 0 amide bonds. The molecule has 8 atom stereocenters. The molecule has 4 nitrogen and oxygen atoms in total. The van der Waals surface area contributed by atoms with Gasteiger partial charge in [-0.3, -0.25) is 4.79 Å². The average Bonchev–Trinajstić information content (AvgIpc) is 3.35. The summed E-state index contributed by atoms with van der Waals surface area (Å²) in [5.41, 5.74) is 2.81. The van der Waals surface area contributed by atoms with Crippen LogP contribution in [0.4, 0.5) is 0 Å². The minimum Gasteiger partial charge on any atom is -0.481 e. The first kappa shape index (κ1) is 25.5. The lowest BCUT2D eigenvalue weighted by atomic mass is 9.43. The Labute approximate surface area is 206 Å². The molecule has 0 saturated heterocycles. The van der Waals surface area contributed by atoms with Crippen molar-refractivity contribution in [2.24, 2.45) is 45.3 Å². The largest absolute Gasteiger partial charge is 0.481 e. The first-order valence-electron chi connectivity index (χ1n) is 13.6. The van der Waals surface area contributed by atoms with Gasteiger partial charge < -0.3 is 10.2 Å². The fourth-order valence-corrected chi connectivity index (χ4v) is 10.1. The zero-order chi connectivity index (χ0) is 25.1. The van der Waals surface area contributed by atoms with Crippen LogP contribution >= 0.6 is 0 Å². The second-order valence-electron chi connectivity index (χ2n) is 13.1. The van der Waals surface area contributed by atoms with Crippen molar-refractivity contribution in [1.29, 1.82) is 0 Å². The van der Waals surface area contributed by atoms with E-state index in [1.54, 1.807) is 6.92 Å². The van der Waals surface area contributed by atoms with Crippen LogP contribution in [0.5, 0.6) is 0 Å². The normalized spacial score (nSPS) is 43.9. The summed E-state index contributed by atoms with van der Waals surface area (Å²) in [6.07, 6.45) is 13.6. The number of rotatable bonds is 9. The lowest BCUT2D eigenvalue weighted by Crippen LogP contribution is -2.54. The molecule has 2 N–H and O–H groups in total. The third kappa shape index (κ3) is 3.53. The quantitative estimate of drug-likeness (QED) is 0.270. The van der Waals surface area contributed by atoms with Crippen LogP contribution < -0.4 is 0 Å². The molecule has 0 aromatic heterocycles. The molecule has 4 heteroatoms. The summed E-state index contributed by atoms with van der Waals surface area (Å²) < 4.78 is 0. The van der Waals surface area contributed by atoms with Crippen molar-refractivity contribution < 1.29 is 19.8 Å². The Bertz CT molecular complexity index is 903. The van der Waals surface area contributed by atoms with E-state index in [4.69, 9.17) is 5.11 Å². The van der Waals surface area contributed by atoms with Gasteiger partial charge in [-0.25, -0.2) is 4.79 Å². The van der Waals surface area contributed by atoms with Crippen LogP contribution in [0, 0.1) is 45.3 Å². The van der Waals surface area contributed by atoms with Crippen molar-refractivity contribution in [3.8, 4) is 0 Å². The van der Waals surface area contributed by atoms with Crippen LogP contribution in [-0.2, 0) is 9.59 Å². The summed E-state index contributed by atoms with van der Waals surface area (Å²) in [5, 5.41) is 18.7. The molecule has 0 radical (unpaired) electrons.